The molecule has 0 unspecified atom stereocenters. The summed E-state index contributed by atoms with van der Waals surface area (Å²) in [6.07, 6.45) is 19.4. The van der Waals surface area contributed by atoms with Gasteiger partial charge < -0.3 is 19.4 Å². The van der Waals surface area contributed by atoms with E-state index < -0.39 is 8.80 Å². The van der Waals surface area contributed by atoms with Crippen molar-refractivity contribution >= 4 is 25.8 Å². The first-order valence-electron chi connectivity index (χ1n) is 9.90. The topological polar surface area (TPSA) is 62.7 Å². The predicted molar refractivity (Wildman–Crippen MR) is 117 cm³/mol. The zero-order chi connectivity index (χ0) is 17.2. The van der Waals surface area contributed by atoms with E-state index in [9.17, 15) is 0 Å². The SMILES string of the molecule is Br.CCCCCCCCCCCCCCCC[Si](OC)(OC)OC.N. The van der Waals surface area contributed by atoms with Crippen LogP contribution in [0.4, 0.5) is 0 Å². The fourth-order valence-electron chi connectivity index (χ4n) is 3.09. The molecule has 0 fully saturated rings. The van der Waals surface area contributed by atoms with Gasteiger partial charge in [-0.3, -0.25) is 0 Å². The Morgan fingerprint density at radius 3 is 1.08 bits per heavy atom. The molecule has 25 heavy (non-hydrogen) atoms. The minimum absolute atomic E-state index is 0. The van der Waals surface area contributed by atoms with Crippen molar-refractivity contribution in [1.29, 1.82) is 0 Å². The predicted octanol–water partition coefficient (Wildman–Crippen LogP) is 7.09. The second kappa shape index (κ2) is 22.6. The molecule has 4 nitrogen and oxygen atoms in total. The third kappa shape index (κ3) is 17.7. The fraction of sp³-hybridized carbons (Fsp3) is 1.00. The Morgan fingerprint density at radius 2 is 0.800 bits per heavy atom. The molecular weight excluding hydrogens is 398 g/mol. The van der Waals surface area contributed by atoms with Gasteiger partial charge in [0.2, 0.25) is 0 Å². The van der Waals surface area contributed by atoms with Crippen LogP contribution < -0.4 is 6.15 Å². The van der Waals surface area contributed by atoms with Crippen LogP contribution in [-0.2, 0) is 13.3 Å². The van der Waals surface area contributed by atoms with Crippen LogP contribution in [0.5, 0.6) is 0 Å². The third-order valence-corrected chi connectivity index (χ3v) is 7.60. The van der Waals surface area contributed by atoms with Crippen molar-refractivity contribution in [2.45, 2.75) is 103 Å². The first kappa shape index (κ1) is 30.3. The van der Waals surface area contributed by atoms with E-state index in [4.69, 9.17) is 13.3 Å². The zero-order valence-corrected chi connectivity index (χ0v) is 20.2. The van der Waals surface area contributed by atoms with Gasteiger partial charge in [0, 0.05) is 27.4 Å². The van der Waals surface area contributed by atoms with Crippen molar-refractivity contribution in [3.63, 3.8) is 0 Å². The van der Waals surface area contributed by atoms with Gasteiger partial charge >= 0.3 is 8.80 Å². The summed E-state index contributed by atoms with van der Waals surface area (Å²) < 4.78 is 16.3. The standard InChI is InChI=1S/C19H42O3Si.BrH.H3N/c1-5-6-7-8-9-10-11-12-13-14-15-16-17-18-19-23(20-2,21-3)22-4;;/h5-19H2,1-4H3;1H;1H3. The first-order chi connectivity index (χ1) is 11.2. The highest BCUT2D eigenvalue weighted by Gasteiger charge is 2.36. The van der Waals surface area contributed by atoms with E-state index in [1.54, 1.807) is 21.3 Å². The van der Waals surface area contributed by atoms with Crippen molar-refractivity contribution in [2.75, 3.05) is 21.3 Å². The highest BCUT2D eigenvalue weighted by Crippen LogP contribution is 2.18. The maximum atomic E-state index is 5.44. The maximum Gasteiger partial charge on any atom is 0.500 e. The molecule has 6 heteroatoms. The minimum Gasteiger partial charge on any atom is -0.377 e. The molecule has 0 aliphatic carbocycles. The Hall–Kier alpha value is 0.537. The molecule has 0 saturated heterocycles. The van der Waals surface area contributed by atoms with E-state index >= 15 is 0 Å². The van der Waals surface area contributed by atoms with Crippen LogP contribution in [0.1, 0.15) is 96.8 Å². The van der Waals surface area contributed by atoms with Crippen LogP contribution in [0.2, 0.25) is 6.04 Å². The van der Waals surface area contributed by atoms with E-state index in [-0.39, 0.29) is 23.1 Å². The molecule has 0 bridgehead atoms. The van der Waals surface area contributed by atoms with E-state index in [1.165, 1.54) is 83.5 Å². The zero-order valence-electron chi connectivity index (χ0n) is 17.4. The minimum atomic E-state index is -2.32. The molecule has 0 rings (SSSR count). The summed E-state index contributed by atoms with van der Waals surface area (Å²) >= 11 is 0. The first-order valence-corrected chi connectivity index (χ1v) is 11.8. The van der Waals surface area contributed by atoms with Crippen molar-refractivity contribution in [3.8, 4) is 0 Å². The second-order valence-corrected chi connectivity index (χ2v) is 9.73. The molecule has 0 radical (unpaired) electrons. The normalized spacial score (nSPS) is 11.0. The average Bonchev–Trinajstić information content (AvgIpc) is 2.59. The molecule has 0 atom stereocenters. The summed E-state index contributed by atoms with van der Waals surface area (Å²) in [5, 5.41) is 0. The van der Waals surface area contributed by atoms with E-state index in [0.29, 0.717) is 0 Å². The molecule has 0 heterocycles. The Morgan fingerprint density at radius 1 is 0.520 bits per heavy atom. The lowest BCUT2D eigenvalue weighted by atomic mass is 10.0. The molecule has 0 saturated carbocycles. The van der Waals surface area contributed by atoms with Gasteiger partial charge in [0.25, 0.3) is 0 Å². The Balaban J connectivity index is -0.00000242. The number of rotatable bonds is 18. The Bertz CT molecular complexity index is 236. The van der Waals surface area contributed by atoms with Crippen LogP contribution in [0, 0.1) is 0 Å². The van der Waals surface area contributed by atoms with Gasteiger partial charge in [-0.2, -0.15) is 0 Å². The highest BCUT2D eigenvalue weighted by molar-refractivity contribution is 8.93. The van der Waals surface area contributed by atoms with Crippen LogP contribution in [-0.4, -0.2) is 30.1 Å². The number of hydrogen-bond acceptors (Lipinski definition) is 4. The maximum absolute atomic E-state index is 5.44. The van der Waals surface area contributed by atoms with Crippen molar-refractivity contribution in [1.82, 2.24) is 6.15 Å². The molecule has 0 aromatic heterocycles. The number of hydrogen-bond donors (Lipinski definition) is 1. The van der Waals surface area contributed by atoms with E-state index in [1.807, 2.05) is 0 Å². The fourth-order valence-corrected chi connectivity index (χ4v) is 4.89. The van der Waals surface area contributed by atoms with Crippen LogP contribution in [0.15, 0.2) is 0 Å². The van der Waals surface area contributed by atoms with Gasteiger partial charge in [-0.15, -0.1) is 17.0 Å². The van der Waals surface area contributed by atoms with Crippen LogP contribution >= 0.6 is 17.0 Å². The molecule has 0 amide bonds. The lowest BCUT2D eigenvalue weighted by molar-refractivity contribution is 0.122. The summed E-state index contributed by atoms with van der Waals surface area (Å²) in [6, 6.07) is 0.939. The van der Waals surface area contributed by atoms with Gasteiger partial charge in [0.15, 0.2) is 0 Å². The molecular formula is C19H46BrNO3Si. The molecule has 0 aliphatic heterocycles. The molecule has 156 valence electrons. The van der Waals surface area contributed by atoms with Crippen LogP contribution in [0.25, 0.3) is 0 Å². The quantitative estimate of drug-likeness (QED) is 0.181. The lowest BCUT2D eigenvalue weighted by Crippen LogP contribution is -2.42. The van der Waals surface area contributed by atoms with Gasteiger partial charge in [-0.1, -0.05) is 90.4 Å². The largest absolute Gasteiger partial charge is 0.500 e. The molecule has 0 aliphatic rings. The van der Waals surface area contributed by atoms with Crippen molar-refractivity contribution < 1.29 is 13.3 Å². The van der Waals surface area contributed by atoms with Gasteiger partial charge in [0.1, 0.15) is 0 Å². The summed E-state index contributed by atoms with van der Waals surface area (Å²) in [7, 11) is 2.77. The molecule has 3 N–H and O–H groups in total. The van der Waals surface area contributed by atoms with Gasteiger partial charge in [-0.05, 0) is 6.42 Å². The van der Waals surface area contributed by atoms with Crippen molar-refractivity contribution in [2.24, 2.45) is 0 Å². The molecule has 0 spiro atoms. The van der Waals surface area contributed by atoms with Gasteiger partial charge in [-0.25, -0.2) is 0 Å². The third-order valence-electron chi connectivity index (χ3n) is 4.77. The Labute approximate surface area is 169 Å². The average molecular weight is 445 g/mol. The number of halogens is 1. The van der Waals surface area contributed by atoms with Crippen molar-refractivity contribution in [3.05, 3.63) is 0 Å². The van der Waals surface area contributed by atoms with Crippen LogP contribution in [0.3, 0.4) is 0 Å². The number of unbranched alkanes of at least 4 members (excludes halogenated alkanes) is 13. The van der Waals surface area contributed by atoms with Gasteiger partial charge in [0.05, 0.1) is 0 Å². The molecule has 0 aromatic carbocycles. The summed E-state index contributed by atoms with van der Waals surface area (Å²) in [5.41, 5.74) is 0. The van der Waals surface area contributed by atoms with E-state index in [2.05, 4.69) is 6.92 Å². The smallest absolute Gasteiger partial charge is 0.377 e. The van der Waals surface area contributed by atoms with E-state index in [0.717, 1.165) is 12.5 Å². The highest BCUT2D eigenvalue weighted by atomic mass is 79.9. The summed E-state index contributed by atoms with van der Waals surface area (Å²) in [4.78, 5) is 0. The summed E-state index contributed by atoms with van der Waals surface area (Å²) in [5.74, 6) is 0. The molecule has 0 aromatic rings. The lowest BCUT2D eigenvalue weighted by Gasteiger charge is -2.24. The monoisotopic (exact) mass is 443 g/mol. The Kier molecular flexibility index (Phi) is 27.3. The summed E-state index contributed by atoms with van der Waals surface area (Å²) in [6.45, 7) is 2.28. The second-order valence-electron chi connectivity index (χ2n) is 6.64.